The van der Waals surface area contributed by atoms with Gasteiger partial charge in [0.2, 0.25) is 0 Å². The molecule has 3 rings (SSSR count). The molecule has 0 amide bonds. The number of benzene rings is 2. The van der Waals surface area contributed by atoms with Crippen molar-refractivity contribution in [2.45, 2.75) is 11.8 Å². The molecule has 0 unspecified atom stereocenters. The van der Waals surface area contributed by atoms with Crippen LogP contribution in [0.3, 0.4) is 0 Å². The number of nitrogens with zero attached hydrogens (tertiary/aromatic N) is 2. The maximum Gasteiger partial charge on any atom is 0.270 e. The summed E-state index contributed by atoms with van der Waals surface area (Å²) >= 11 is 4.70. The first-order chi connectivity index (χ1) is 13.5. The summed E-state index contributed by atoms with van der Waals surface area (Å²) in [5.41, 5.74) is 1.40. The summed E-state index contributed by atoms with van der Waals surface area (Å²) in [4.78, 5) is 19.2. The van der Waals surface area contributed by atoms with E-state index in [1.54, 1.807) is 31.6 Å². The first kappa shape index (κ1) is 20.0. The lowest BCUT2D eigenvalue weighted by Gasteiger charge is -2.13. The van der Waals surface area contributed by atoms with E-state index < -0.39 is 5.56 Å². The van der Waals surface area contributed by atoms with Crippen molar-refractivity contribution in [1.82, 2.24) is 9.97 Å². The Hall–Kier alpha value is -2.76. The predicted molar refractivity (Wildman–Crippen MR) is 112 cm³/mol. The first-order valence-corrected chi connectivity index (χ1v) is 10.2. The molecule has 1 heterocycles. The quantitative estimate of drug-likeness (QED) is 0.436. The van der Waals surface area contributed by atoms with E-state index in [4.69, 9.17) is 9.47 Å². The van der Waals surface area contributed by atoms with Gasteiger partial charge in [-0.3, -0.25) is 4.79 Å². The van der Waals surface area contributed by atoms with Crippen molar-refractivity contribution in [2.24, 2.45) is 0 Å². The lowest BCUT2D eigenvalue weighted by Crippen LogP contribution is -2.14. The molecule has 0 spiro atoms. The van der Waals surface area contributed by atoms with Crippen LogP contribution in [-0.4, -0.2) is 23.3 Å². The van der Waals surface area contributed by atoms with Crippen molar-refractivity contribution in [2.75, 3.05) is 13.4 Å². The standard InChI is InChI=1S/C20H16BrN3O3S/c1-26-16-8-5-13(18-15(10-22)19(25)24-20(23-18)28-2)9-17(16)27-11-12-3-6-14(21)7-4-12/h3-9H,11H2,1-2H3,(H,23,24,25). The van der Waals surface area contributed by atoms with Crippen molar-refractivity contribution in [3.8, 4) is 28.8 Å². The fraction of sp³-hybridized carbons (Fsp3) is 0.150. The van der Waals surface area contributed by atoms with Gasteiger partial charge in [0.05, 0.1) is 12.8 Å². The third kappa shape index (κ3) is 4.38. The van der Waals surface area contributed by atoms with Crippen molar-refractivity contribution < 1.29 is 9.47 Å². The van der Waals surface area contributed by atoms with Crippen molar-refractivity contribution >= 4 is 27.7 Å². The fourth-order valence-electron chi connectivity index (χ4n) is 2.54. The third-order valence-corrected chi connectivity index (χ3v) is 5.06. The normalized spacial score (nSPS) is 10.4. The van der Waals surface area contributed by atoms with E-state index in [1.165, 1.54) is 11.8 Å². The summed E-state index contributed by atoms with van der Waals surface area (Å²) in [5, 5.41) is 9.83. The highest BCUT2D eigenvalue weighted by Crippen LogP contribution is 2.33. The Balaban J connectivity index is 1.99. The van der Waals surface area contributed by atoms with E-state index in [0.717, 1.165) is 10.0 Å². The zero-order chi connectivity index (χ0) is 20.1. The Morgan fingerprint density at radius 3 is 2.61 bits per heavy atom. The molecule has 28 heavy (non-hydrogen) atoms. The van der Waals surface area contributed by atoms with Crippen LogP contribution < -0.4 is 15.0 Å². The van der Waals surface area contributed by atoms with E-state index in [-0.39, 0.29) is 5.56 Å². The molecular formula is C20H16BrN3O3S. The van der Waals surface area contributed by atoms with E-state index in [9.17, 15) is 10.1 Å². The van der Waals surface area contributed by atoms with E-state index in [2.05, 4.69) is 25.9 Å². The van der Waals surface area contributed by atoms with Gasteiger partial charge in [-0.25, -0.2) is 4.98 Å². The molecule has 3 aromatic rings. The van der Waals surface area contributed by atoms with Crippen LogP contribution in [0.1, 0.15) is 11.1 Å². The maximum absolute atomic E-state index is 12.2. The number of hydrogen-bond donors (Lipinski definition) is 1. The molecule has 0 bridgehead atoms. The Labute approximate surface area is 174 Å². The SMILES string of the molecule is COc1ccc(-c2nc(SC)[nH]c(=O)c2C#N)cc1OCc1ccc(Br)cc1. The molecule has 0 aliphatic heterocycles. The summed E-state index contributed by atoms with van der Waals surface area (Å²) in [6, 6.07) is 14.9. The molecule has 0 fully saturated rings. The van der Waals surface area contributed by atoms with Gasteiger partial charge in [-0.1, -0.05) is 39.8 Å². The van der Waals surface area contributed by atoms with Crippen LogP contribution in [-0.2, 0) is 6.61 Å². The minimum atomic E-state index is -0.468. The Morgan fingerprint density at radius 1 is 1.21 bits per heavy atom. The molecule has 142 valence electrons. The average molecular weight is 458 g/mol. The van der Waals surface area contributed by atoms with Gasteiger partial charge in [-0.15, -0.1) is 0 Å². The highest BCUT2D eigenvalue weighted by Gasteiger charge is 2.16. The van der Waals surface area contributed by atoms with Crippen LogP contribution in [0.15, 0.2) is 56.9 Å². The van der Waals surface area contributed by atoms with E-state index in [0.29, 0.717) is 34.5 Å². The number of aromatic nitrogens is 2. The van der Waals surface area contributed by atoms with Gasteiger partial charge in [0, 0.05) is 10.0 Å². The Bertz CT molecular complexity index is 1090. The molecule has 0 atom stereocenters. The highest BCUT2D eigenvalue weighted by atomic mass is 79.9. The summed E-state index contributed by atoms with van der Waals surface area (Å²) in [5.74, 6) is 1.05. The number of aromatic amines is 1. The smallest absolute Gasteiger partial charge is 0.270 e. The van der Waals surface area contributed by atoms with Gasteiger partial charge in [0.25, 0.3) is 5.56 Å². The van der Waals surface area contributed by atoms with Crippen LogP contribution >= 0.6 is 27.7 Å². The monoisotopic (exact) mass is 457 g/mol. The van der Waals surface area contributed by atoms with Crippen LogP contribution in [0.5, 0.6) is 11.5 Å². The van der Waals surface area contributed by atoms with Crippen molar-refractivity contribution in [1.29, 1.82) is 5.26 Å². The van der Waals surface area contributed by atoms with Gasteiger partial charge in [-0.2, -0.15) is 5.26 Å². The number of hydrogen-bond acceptors (Lipinski definition) is 6. The number of halogens is 1. The molecule has 0 aliphatic rings. The maximum atomic E-state index is 12.2. The fourth-order valence-corrected chi connectivity index (χ4v) is 3.18. The van der Waals surface area contributed by atoms with Gasteiger partial charge in [0.15, 0.2) is 16.7 Å². The molecule has 6 nitrogen and oxygen atoms in total. The topological polar surface area (TPSA) is 88.0 Å². The largest absolute Gasteiger partial charge is 0.493 e. The number of nitriles is 1. The van der Waals surface area contributed by atoms with E-state index in [1.807, 2.05) is 30.3 Å². The number of methoxy groups -OCH3 is 1. The van der Waals surface area contributed by atoms with Crippen molar-refractivity contribution in [3.05, 3.63) is 68.4 Å². The molecular weight excluding hydrogens is 442 g/mol. The number of thioether (sulfide) groups is 1. The van der Waals surface area contributed by atoms with Crippen LogP contribution in [0.2, 0.25) is 0 Å². The van der Waals surface area contributed by atoms with Gasteiger partial charge in [0.1, 0.15) is 18.2 Å². The lowest BCUT2D eigenvalue weighted by molar-refractivity contribution is 0.284. The third-order valence-electron chi connectivity index (χ3n) is 3.95. The number of nitrogens with one attached hydrogen (secondary N) is 1. The van der Waals surface area contributed by atoms with E-state index >= 15 is 0 Å². The molecule has 0 saturated heterocycles. The summed E-state index contributed by atoms with van der Waals surface area (Å²) in [7, 11) is 1.56. The Morgan fingerprint density at radius 2 is 1.96 bits per heavy atom. The van der Waals surface area contributed by atoms with Crippen LogP contribution in [0.25, 0.3) is 11.3 Å². The second kappa shape index (κ2) is 8.95. The molecule has 8 heteroatoms. The Kier molecular flexibility index (Phi) is 6.39. The van der Waals surface area contributed by atoms with Crippen molar-refractivity contribution in [3.63, 3.8) is 0 Å². The minimum absolute atomic E-state index is 0.0400. The zero-order valence-corrected chi connectivity index (χ0v) is 17.6. The summed E-state index contributed by atoms with van der Waals surface area (Å²) in [6.07, 6.45) is 1.80. The molecule has 1 aromatic heterocycles. The molecule has 1 N–H and O–H groups in total. The second-order valence-electron chi connectivity index (χ2n) is 5.69. The number of rotatable bonds is 6. The lowest BCUT2D eigenvalue weighted by atomic mass is 10.1. The molecule has 0 radical (unpaired) electrons. The molecule has 0 saturated carbocycles. The van der Waals surface area contributed by atoms with Crippen LogP contribution in [0.4, 0.5) is 0 Å². The number of H-pyrrole nitrogens is 1. The van der Waals surface area contributed by atoms with Gasteiger partial charge in [-0.05, 0) is 42.2 Å². The van der Waals surface area contributed by atoms with Crippen LogP contribution in [0, 0.1) is 11.3 Å². The average Bonchev–Trinajstić information content (AvgIpc) is 2.72. The summed E-state index contributed by atoms with van der Waals surface area (Å²) < 4.78 is 12.3. The summed E-state index contributed by atoms with van der Waals surface area (Å²) in [6.45, 7) is 0.344. The zero-order valence-electron chi connectivity index (χ0n) is 15.2. The molecule has 2 aromatic carbocycles. The first-order valence-electron chi connectivity index (χ1n) is 8.19. The number of ether oxygens (including phenoxy) is 2. The predicted octanol–water partition coefficient (Wildman–Crippen LogP) is 4.38. The molecule has 0 aliphatic carbocycles. The second-order valence-corrected chi connectivity index (χ2v) is 7.40. The van der Waals surface area contributed by atoms with Gasteiger partial charge < -0.3 is 14.5 Å². The minimum Gasteiger partial charge on any atom is -0.493 e. The highest BCUT2D eigenvalue weighted by molar-refractivity contribution is 9.10. The van der Waals surface area contributed by atoms with Gasteiger partial charge >= 0.3 is 0 Å².